The second-order valence-corrected chi connectivity index (χ2v) is 5.98. The van der Waals surface area contributed by atoms with Gasteiger partial charge in [-0.2, -0.15) is 13.2 Å². The summed E-state index contributed by atoms with van der Waals surface area (Å²) in [6.07, 6.45) is -5.87. The number of ether oxygens (including phenoxy) is 1. The van der Waals surface area contributed by atoms with Crippen LogP contribution in [0.4, 0.5) is 13.2 Å². The summed E-state index contributed by atoms with van der Waals surface area (Å²) in [7, 11) is -3.38. The van der Waals surface area contributed by atoms with Gasteiger partial charge in [-0.05, 0) is 30.8 Å². The van der Waals surface area contributed by atoms with Crippen LogP contribution in [0.3, 0.4) is 0 Å². The zero-order valence-electron chi connectivity index (χ0n) is 10.1. The second-order valence-electron chi connectivity index (χ2n) is 3.97. The van der Waals surface area contributed by atoms with Gasteiger partial charge in [0, 0.05) is 12.7 Å². The molecule has 0 saturated heterocycles. The highest BCUT2D eigenvalue weighted by molar-refractivity contribution is 7.90. The molecule has 0 aliphatic rings. The summed E-state index contributed by atoms with van der Waals surface area (Å²) in [5.74, 6) is -0.0526. The molecule has 0 aliphatic heterocycles. The molecule has 2 N–H and O–H groups in total. The first kappa shape index (κ1) is 15.8. The lowest BCUT2D eigenvalue weighted by atomic mass is 10.2. The third-order valence-corrected chi connectivity index (χ3v) is 3.45. The van der Waals surface area contributed by atoms with E-state index in [0.717, 1.165) is 6.26 Å². The van der Waals surface area contributed by atoms with E-state index in [4.69, 9.17) is 10.5 Å². The highest BCUT2D eigenvalue weighted by Crippen LogP contribution is 2.27. The van der Waals surface area contributed by atoms with Crippen LogP contribution in [0.15, 0.2) is 29.2 Å². The van der Waals surface area contributed by atoms with Crippen LogP contribution in [0.25, 0.3) is 0 Å². The Labute approximate surface area is 109 Å². The summed E-state index contributed by atoms with van der Waals surface area (Å²) in [5.41, 5.74) is 5.10. The molecule has 19 heavy (non-hydrogen) atoms. The lowest BCUT2D eigenvalue weighted by molar-refractivity contribution is -0.196. The number of rotatable bonds is 5. The van der Waals surface area contributed by atoms with E-state index in [1.807, 2.05) is 0 Å². The van der Waals surface area contributed by atoms with E-state index in [1.54, 1.807) is 0 Å². The van der Waals surface area contributed by atoms with Gasteiger partial charge in [-0.15, -0.1) is 0 Å². The van der Waals surface area contributed by atoms with Crippen LogP contribution in [0.5, 0.6) is 5.75 Å². The van der Waals surface area contributed by atoms with Gasteiger partial charge in [0.1, 0.15) is 5.75 Å². The van der Waals surface area contributed by atoms with Crippen molar-refractivity contribution in [2.45, 2.75) is 23.6 Å². The number of nitrogens with two attached hydrogens (primary N) is 1. The van der Waals surface area contributed by atoms with Crippen molar-refractivity contribution in [2.24, 2.45) is 5.73 Å². The van der Waals surface area contributed by atoms with Crippen molar-refractivity contribution in [3.05, 3.63) is 24.3 Å². The highest BCUT2D eigenvalue weighted by Gasteiger charge is 2.41. The maximum absolute atomic E-state index is 12.6. The molecule has 8 heteroatoms. The van der Waals surface area contributed by atoms with Gasteiger partial charge < -0.3 is 10.5 Å². The molecule has 0 heterocycles. The van der Waals surface area contributed by atoms with Crippen LogP contribution in [-0.2, 0) is 9.84 Å². The molecular weight excluding hydrogens is 283 g/mol. The Morgan fingerprint density at radius 3 is 2.16 bits per heavy atom. The first-order chi connectivity index (χ1) is 8.64. The normalized spacial score (nSPS) is 14.2. The molecule has 0 saturated carbocycles. The van der Waals surface area contributed by atoms with Gasteiger partial charge in [0.2, 0.25) is 0 Å². The van der Waals surface area contributed by atoms with E-state index in [1.165, 1.54) is 24.3 Å². The molecule has 1 aromatic rings. The van der Waals surface area contributed by atoms with Crippen molar-refractivity contribution in [1.82, 2.24) is 0 Å². The first-order valence-corrected chi connectivity index (χ1v) is 7.27. The predicted molar refractivity (Wildman–Crippen MR) is 63.7 cm³/mol. The number of halogens is 3. The quantitative estimate of drug-likeness (QED) is 0.899. The Bertz CT molecular complexity index is 511. The summed E-state index contributed by atoms with van der Waals surface area (Å²) in [6, 6.07) is 4.76. The largest absolute Gasteiger partial charge is 0.481 e. The minimum atomic E-state index is -4.52. The van der Waals surface area contributed by atoms with Gasteiger partial charge in [-0.3, -0.25) is 0 Å². The van der Waals surface area contributed by atoms with Crippen LogP contribution in [0.2, 0.25) is 0 Å². The molecule has 108 valence electrons. The zero-order valence-corrected chi connectivity index (χ0v) is 11.0. The Morgan fingerprint density at radius 1 is 1.26 bits per heavy atom. The molecule has 4 nitrogen and oxygen atoms in total. The SMILES string of the molecule is CS(=O)(=O)c1ccc(OC(CCN)C(F)(F)F)cc1. The predicted octanol–water partition coefficient (Wildman–Crippen LogP) is 1.75. The van der Waals surface area contributed by atoms with Crippen molar-refractivity contribution >= 4 is 9.84 Å². The minimum absolute atomic E-state index is 0.0160. The fourth-order valence-corrected chi connectivity index (χ4v) is 2.00. The Kier molecular flexibility index (Phi) is 4.81. The van der Waals surface area contributed by atoms with Crippen LogP contribution >= 0.6 is 0 Å². The molecule has 0 bridgehead atoms. The monoisotopic (exact) mass is 297 g/mol. The van der Waals surface area contributed by atoms with Crippen molar-refractivity contribution in [2.75, 3.05) is 12.8 Å². The highest BCUT2D eigenvalue weighted by atomic mass is 32.2. The molecule has 0 fully saturated rings. The van der Waals surface area contributed by atoms with Gasteiger partial charge in [0.15, 0.2) is 15.9 Å². The molecule has 0 radical (unpaired) electrons. The van der Waals surface area contributed by atoms with E-state index in [0.29, 0.717) is 0 Å². The van der Waals surface area contributed by atoms with Crippen LogP contribution in [-0.4, -0.2) is 33.5 Å². The van der Waals surface area contributed by atoms with Crippen LogP contribution in [0, 0.1) is 0 Å². The third kappa shape index (κ3) is 4.71. The fraction of sp³-hybridized carbons (Fsp3) is 0.455. The average molecular weight is 297 g/mol. The van der Waals surface area contributed by atoms with Gasteiger partial charge in [0.05, 0.1) is 4.90 Å². The standard InChI is InChI=1S/C11H14F3NO3S/c1-19(16,17)9-4-2-8(3-5-9)18-10(6-7-15)11(12,13)14/h2-5,10H,6-7,15H2,1H3. The Morgan fingerprint density at radius 2 is 1.79 bits per heavy atom. The lowest BCUT2D eigenvalue weighted by Gasteiger charge is -2.21. The maximum Gasteiger partial charge on any atom is 0.425 e. The van der Waals surface area contributed by atoms with Crippen molar-refractivity contribution in [3.63, 3.8) is 0 Å². The van der Waals surface area contributed by atoms with E-state index in [-0.39, 0.29) is 23.6 Å². The lowest BCUT2D eigenvalue weighted by Crippen LogP contribution is -2.36. The van der Waals surface area contributed by atoms with Crippen LogP contribution < -0.4 is 10.5 Å². The third-order valence-electron chi connectivity index (χ3n) is 2.32. The zero-order chi connectivity index (χ0) is 14.7. The van der Waals surface area contributed by atoms with Gasteiger partial charge in [-0.25, -0.2) is 8.42 Å². The fourth-order valence-electron chi connectivity index (χ4n) is 1.37. The number of hydrogen-bond acceptors (Lipinski definition) is 4. The Hall–Kier alpha value is -1.28. The number of alkyl halides is 3. The molecule has 1 atom stereocenters. The Balaban J connectivity index is 2.87. The molecule has 1 aromatic carbocycles. The molecular formula is C11H14F3NO3S. The van der Waals surface area contributed by atoms with E-state index in [2.05, 4.69) is 0 Å². The molecule has 0 spiro atoms. The number of sulfone groups is 1. The minimum Gasteiger partial charge on any atom is -0.481 e. The first-order valence-electron chi connectivity index (χ1n) is 5.38. The smallest absolute Gasteiger partial charge is 0.425 e. The van der Waals surface area contributed by atoms with Crippen molar-refractivity contribution in [1.29, 1.82) is 0 Å². The number of hydrogen-bond donors (Lipinski definition) is 1. The number of benzene rings is 1. The summed E-state index contributed by atoms with van der Waals surface area (Å²) in [4.78, 5) is 0.0160. The van der Waals surface area contributed by atoms with Gasteiger partial charge in [-0.1, -0.05) is 0 Å². The summed E-state index contributed by atoms with van der Waals surface area (Å²) in [5, 5.41) is 0. The van der Waals surface area contributed by atoms with E-state index < -0.39 is 22.1 Å². The molecule has 0 aromatic heterocycles. The summed E-state index contributed by atoms with van der Waals surface area (Å²) in [6.45, 7) is -0.161. The molecule has 1 rings (SSSR count). The van der Waals surface area contributed by atoms with Crippen LogP contribution in [0.1, 0.15) is 6.42 Å². The van der Waals surface area contributed by atoms with Crippen molar-refractivity contribution in [3.8, 4) is 5.75 Å². The van der Waals surface area contributed by atoms with E-state index in [9.17, 15) is 21.6 Å². The van der Waals surface area contributed by atoms with E-state index >= 15 is 0 Å². The van der Waals surface area contributed by atoms with Gasteiger partial charge >= 0.3 is 6.18 Å². The second kappa shape index (κ2) is 5.79. The molecule has 1 unspecified atom stereocenters. The topological polar surface area (TPSA) is 69.4 Å². The van der Waals surface area contributed by atoms with Gasteiger partial charge in [0.25, 0.3) is 0 Å². The average Bonchev–Trinajstić information content (AvgIpc) is 2.26. The molecule has 0 amide bonds. The molecule has 0 aliphatic carbocycles. The van der Waals surface area contributed by atoms with Crippen molar-refractivity contribution < 1.29 is 26.3 Å². The summed E-state index contributed by atoms with van der Waals surface area (Å²) >= 11 is 0. The summed E-state index contributed by atoms with van der Waals surface area (Å²) < 4.78 is 64.9. The maximum atomic E-state index is 12.6.